The molecule has 0 aliphatic heterocycles. The lowest BCUT2D eigenvalue weighted by atomic mass is 10.2. The molecule has 0 fully saturated rings. The van der Waals surface area contributed by atoms with Crippen LogP contribution in [0.25, 0.3) is 11.4 Å². The summed E-state index contributed by atoms with van der Waals surface area (Å²) in [6.07, 6.45) is 0. The maximum Gasteiger partial charge on any atom is 0.165 e. The van der Waals surface area contributed by atoms with Gasteiger partial charge in [-0.2, -0.15) is 0 Å². The van der Waals surface area contributed by atoms with Crippen molar-refractivity contribution in [1.82, 2.24) is 14.8 Å². The van der Waals surface area contributed by atoms with Gasteiger partial charge in [0.1, 0.15) is 6.61 Å². The lowest BCUT2D eigenvalue weighted by Gasteiger charge is -2.04. The quantitative estimate of drug-likeness (QED) is 0.822. The van der Waals surface area contributed by atoms with Gasteiger partial charge in [-0.05, 0) is 12.1 Å². The van der Waals surface area contributed by atoms with Gasteiger partial charge in [-0.25, -0.2) is 0 Å². The Hall–Kier alpha value is -1.39. The van der Waals surface area contributed by atoms with Crippen LogP contribution in [0.15, 0.2) is 24.3 Å². The Bertz CT molecular complexity index is 496. The van der Waals surface area contributed by atoms with Crippen molar-refractivity contribution < 1.29 is 4.74 Å². The maximum absolute atomic E-state index is 6.10. The van der Waals surface area contributed by atoms with Gasteiger partial charge < -0.3 is 9.30 Å². The fourth-order valence-corrected chi connectivity index (χ4v) is 1.71. The van der Waals surface area contributed by atoms with Crippen LogP contribution in [0.1, 0.15) is 5.82 Å². The van der Waals surface area contributed by atoms with Gasteiger partial charge in [-0.15, -0.1) is 10.2 Å². The Morgan fingerprint density at radius 3 is 2.75 bits per heavy atom. The molecule has 1 aromatic heterocycles. The Balaban J connectivity index is 2.45. The molecule has 0 amide bonds. The van der Waals surface area contributed by atoms with Crippen molar-refractivity contribution in [2.24, 2.45) is 7.05 Å². The monoisotopic (exact) mass is 237 g/mol. The van der Waals surface area contributed by atoms with Crippen molar-refractivity contribution in [1.29, 1.82) is 0 Å². The summed E-state index contributed by atoms with van der Waals surface area (Å²) in [6, 6.07) is 7.56. The molecule has 0 aliphatic carbocycles. The van der Waals surface area contributed by atoms with Crippen molar-refractivity contribution in [3.63, 3.8) is 0 Å². The first-order valence-electron chi connectivity index (χ1n) is 4.86. The third kappa shape index (κ3) is 1.94. The summed E-state index contributed by atoms with van der Waals surface area (Å²) in [5, 5.41) is 8.83. The number of nitrogens with zero attached hydrogens (tertiary/aromatic N) is 3. The van der Waals surface area contributed by atoms with Gasteiger partial charge in [0.15, 0.2) is 11.6 Å². The largest absolute Gasteiger partial charge is 0.377 e. The number of halogens is 1. The van der Waals surface area contributed by atoms with Gasteiger partial charge in [0.05, 0.1) is 5.02 Å². The molecule has 1 aromatic carbocycles. The molecule has 0 spiro atoms. The summed E-state index contributed by atoms with van der Waals surface area (Å²) in [5.74, 6) is 1.52. The van der Waals surface area contributed by atoms with Crippen LogP contribution in [0.5, 0.6) is 0 Å². The second-order valence-corrected chi connectivity index (χ2v) is 3.82. The van der Waals surface area contributed by atoms with Gasteiger partial charge >= 0.3 is 0 Å². The van der Waals surface area contributed by atoms with Crippen molar-refractivity contribution in [3.05, 3.63) is 35.1 Å². The fourth-order valence-electron chi connectivity index (χ4n) is 1.49. The van der Waals surface area contributed by atoms with E-state index in [1.165, 1.54) is 0 Å². The van der Waals surface area contributed by atoms with E-state index in [4.69, 9.17) is 16.3 Å². The van der Waals surface area contributed by atoms with Crippen molar-refractivity contribution in [2.45, 2.75) is 6.61 Å². The summed E-state index contributed by atoms with van der Waals surface area (Å²) in [7, 11) is 3.52. The molecule has 2 rings (SSSR count). The summed E-state index contributed by atoms with van der Waals surface area (Å²) >= 11 is 6.10. The topological polar surface area (TPSA) is 39.9 Å². The second-order valence-electron chi connectivity index (χ2n) is 3.41. The molecule has 4 nitrogen and oxygen atoms in total. The minimum atomic E-state index is 0.438. The average molecular weight is 238 g/mol. The highest BCUT2D eigenvalue weighted by Crippen LogP contribution is 2.25. The van der Waals surface area contributed by atoms with E-state index in [0.29, 0.717) is 11.6 Å². The summed E-state index contributed by atoms with van der Waals surface area (Å²) < 4.78 is 6.91. The van der Waals surface area contributed by atoms with E-state index >= 15 is 0 Å². The number of aromatic nitrogens is 3. The molecule has 84 valence electrons. The average Bonchev–Trinajstić information content (AvgIpc) is 2.62. The lowest BCUT2D eigenvalue weighted by molar-refractivity contribution is 0.175. The molecule has 1 heterocycles. The zero-order valence-electron chi connectivity index (χ0n) is 9.14. The van der Waals surface area contributed by atoms with E-state index in [9.17, 15) is 0 Å². The zero-order valence-corrected chi connectivity index (χ0v) is 9.90. The number of ether oxygens (including phenoxy) is 1. The van der Waals surface area contributed by atoms with Crippen LogP contribution in [-0.2, 0) is 18.4 Å². The van der Waals surface area contributed by atoms with E-state index in [-0.39, 0.29) is 0 Å². The number of methoxy groups -OCH3 is 1. The molecule has 0 radical (unpaired) electrons. The molecule has 0 atom stereocenters. The van der Waals surface area contributed by atoms with Crippen LogP contribution in [0.3, 0.4) is 0 Å². The lowest BCUT2D eigenvalue weighted by Crippen LogP contribution is -2.00. The summed E-state index contributed by atoms with van der Waals surface area (Å²) in [6.45, 7) is 0.438. The Morgan fingerprint density at radius 2 is 2.06 bits per heavy atom. The van der Waals surface area contributed by atoms with Crippen LogP contribution < -0.4 is 0 Å². The van der Waals surface area contributed by atoms with Gasteiger partial charge in [-0.1, -0.05) is 23.7 Å². The van der Waals surface area contributed by atoms with Gasteiger partial charge in [0.25, 0.3) is 0 Å². The Labute approximate surface area is 98.8 Å². The van der Waals surface area contributed by atoms with E-state index in [1.54, 1.807) is 7.11 Å². The molecule has 0 saturated heterocycles. The van der Waals surface area contributed by atoms with E-state index < -0.39 is 0 Å². The first-order valence-corrected chi connectivity index (χ1v) is 5.24. The predicted octanol–water partition coefficient (Wildman–Crippen LogP) is 2.28. The van der Waals surface area contributed by atoms with E-state index in [0.717, 1.165) is 17.2 Å². The number of rotatable bonds is 3. The van der Waals surface area contributed by atoms with E-state index in [2.05, 4.69) is 10.2 Å². The fraction of sp³-hybridized carbons (Fsp3) is 0.273. The van der Waals surface area contributed by atoms with Crippen molar-refractivity contribution in [2.75, 3.05) is 7.11 Å². The molecule has 16 heavy (non-hydrogen) atoms. The molecule has 0 unspecified atom stereocenters. The van der Waals surface area contributed by atoms with Crippen molar-refractivity contribution >= 4 is 11.6 Å². The molecule has 0 bridgehead atoms. The van der Waals surface area contributed by atoms with Crippen LogP contribution in [0, 0.1) is 0 Å². The summed E-state index contributed by atoms with van der Waals surface area (Å²) in [5.41, 5.74) is 0.876. The standard InChI is InChI=1S/C11H12ClN3O/c1-15-10(7-16-2)13-14-11(15)8-5-3-4-6-9(8)12/h3-6H,7H2,1-2H3. The normalized spacial score (nSPS) is 10.7. The highest BCUT2D eigenvalue weighted by molar-refractivity contribution is 6.33. The molecule has 5 heteroatoms. The maximum atomic E-state index is 6.10. The van der Waals surface area contributed by atoms with E-state index in [1.807, 2.05) is 35.9 Å². The van der Waals surface area contributed by atoms with Crippen LogP contribution >= 0.6 is 11.6 Å². The SMILES string of the molecule is COCc1nnc(-c2ccccc2Cl)n1C. The number of benzene rings is 1. The molecule has 2 aromatic rings. The van der Waals surface area contributed by atoms with Gasteiger partial charge in [0.2, 0.25) is 0 Å². The van der Waals surface area contributed by atoms with Crippen LogP contribution in [0.2, 0.25) is 5.02 Å². The molecule has 0 aliphatic rings. The van der Waals surface area contributed by atoms with Crippen LogP contribution in [-0.4, -0.2) is 21.9 Å². The molecule has 0 saturated carbocycles. The zero-order chi connectivity index (χ0) is 11.5. The molecular formula is C11H12ClN3O. The highest BCUT2D eigenvalue weighted by Gasteiger charge is 2.12. The Morgan fingerprint density at radius 1 is 1.31 bits per heavy atom. The minimum Gasteiger partial charge on any atom is -0.377 e. The van der Waals surface area contributed by atoms with Gasteiger partial charge in [0, 0.05) is 19.7 Å². The predicted molar refractivity (Wildman–Crippen MR) is 62.2 cm³/mol. The number of hydrogen-bond acceptors (Lipinski definition) is 3. The Kier molecular flexibility index (Phi) is 3.22. The molecular weight excluding hydrogens is 226 g/mol. The first kappa shape index (κ1) is 11.1. The summed E-state index contributed by atoms with van der Waals surface area (Å²) in [4.78, 5) is 0. The minimum absolute atomic E-state index is 0.438. The second kappa shape index (κ2) is 4.63. The third-order valence-electron chi connectivity index (χ3n) is 2.35. The first-order chi connectivity index (χ1) is 7.74. The van der Waals surface area contributed by atoms with Crippen molar-refractivity contribution in [3.8, 4) is 11.4 Å². The van der Waals surface area contributed by atoms with Crippen LogP contribution in [0.4, 0.5) is 0 Å². The molecule has 0 N–H and O–H groups in total. The third-order valence-corrected chi connectivity index (χ3v) is 2.68. The smallest absolute Gasteiger partial charge is 0.165 e. The number of hydrogen-bond donors (Lipinski definition) is 0. The highest BCUT2D eigenvalue weighted by atomic mass is 35.5. The van der Waals surface area contributed by atoms with Gasteiger partial charge in [-0.3, -0.25) is 0 Å².